The van der Waals surface area contributed by atoms with Gasteiger partial charge in [0.05, 0.1) is 18.0 Å². The Morgan fingerprint density at radius 2 is 1.90 bits per heavy atom. The standard InChI is InChI=1S/C15H13Cl2FO2/c1-19-14-7-2-4-10(8-16)15(14)20-9-11-12(17)5-3-6-13(11)18/h2-7H,8-9H2,1H3. The number of hydrogen-bond acceptors (Lipinski definition) is 2. The Morgan fingerprint density at radius 3 is 2.55 bits per heavy atom. The molecule has 0 N–H and O–H groups in total. The smallest absolute Gasteiger partial charge is 0.166 e. The van der Waals surface area contributed by atoms with E-state index in [4.69, 9.17) is 32.7 Å². The van der Waals surface area contributed by atoms with Gasteiger partial charge in [0.2, 0.25) is 0 Å². The third-order valence-electron chi connectivity index (χ3n) is 2.85. The van der Waals surface area contributed by atoms with Crippen LogP contribution in [0.4, 0.5) is 4.39 Å². The first kappa shape index (κ1) is 14.9. The molecule has 0 aliphatic carbocycles. The van der Waals surface area contributed by atoms with Crippen LogP contribution < -0.4 is 9.47 Å². The average Bonchev–Trinajstić information content (AvgIpc) is 2.46. The lowest BCUT2D eigenvalue weighted by molar-refractivity contribution is 0.277. The first-order chi connectivity index (χ1) is 9.67. The van der Waals surface area contributed by atoms with Gasteiger partial charge >= 0.3 is 0 Å². The minimum Gasteiger partial charge on any atom is -0.493 e. The second-order valence-corrected chi connectivity index (χ2v) is 4.75. The van der Waals surface area contributed by atoms with Crippen molar-refractivity contribution < 1.29 is 13.9 Å². The molecule has 0 saturated heterocycles. The lowest BCUT2D eigenvalue weighted by Crippen LogP contribution is -2.03. The van der Waals surface area contributed by atoms with Crippen molar-refractivity contribution in [3.63, 3.8) is 0 Å². The molecule has 5 heteroatoms. The quantitative estimate of drug-likeness (QED) is 0.738. The molecule has 0 aromatic heterocycles. The predicted octanol–water partition coefficient (Wildman–Crippen LogP) is 4.81. The maximum atomic E-state index is 13.7. The van der Waals surface area contributed by atoms with E-state index in [0.717, 1.165) is 5.56 Å². The Kier molecular flexibility index (Phi) is 5.10. The monoisotopic (exact) mass is 314 g/mol. The molecule has 20 heavy (non-hydrogen) atoms. The normalized spacial score (nSPS) is 10.4. The number of methoxy groups -OCH3 is 1. The Balaban J connectivity index is 2.27. The largest absolute Gasteiger partial charge is 0.493 e. The van der Waals surface area contributed by atoms with Gasteiger partial charge < -0.3 is 9.47 Å². The first-order valence-electron chi connectivity index (χ1n) is 5.95. The van der Waals surface area contributed by atoms with Gasteiger partial charge in [-0.25, -0.2) is 4.39 Å². The van der Waals surface area contributed by atoms with Crippen molar-refractivity contribution in [3.05, 3.63) is 58.4 Å². The van der Waals surface area contributed by atoms with Crippen LogP contribution in [0.3, 0.4) is 0 Å². The van der Waals surface area contributed by atoms with Gasteiger partial charge in [0.15, 0.2) is 11.5 Å². The minimum absolute atomic E-state index is 0.00969. The van der Waals surface area contributed by atoms with Gasteiger partial charge in [-0.3, -0.25) is 0 Å². The summed E-state index contributed by atoms with van der Waals surface area (Å²) in [6.45, 7) is 0.00969. The van der Waals surface area contributed by atoms with E-state index in [9.17, 15) is 4.39 Å². The van der Waals surface area contributed by atoms with Crippen LogP contribution in [0.15, 0.2) is 36.4 Å². The molecule has 0 amide bonds. The van der Waals surface area contributed by atoms with E-state index in [0.29, 0.717) is 22.1 Å². The molecule has 2 rings (SSSR count). The number of para-hydroxylation sites is 1. The molecule has 106 valence electrons. The van der Waals surface area contributed by atoms with Gasteiger partial charge in [0, 0.05) is 11.1 Å². The zero-order valence-corrected chi connectivity index (χ0v) is 12.3. The van der Waals surface area contributed by atoms with Gasteiger partial charge in [-0.2, -0.15) is 0 Å². The van der Waals surface area contributed by atoms with E-state index in [1.165, 1.54) is 13.2 Å². The van der Waals surface area contributed by atoms with E-state index < -0.39 is 5.82 Å². The van der Waals surface area contributed by atoms with Crippen LogP contribution in [0.2, 0.25) is 5.02 Å². The molecule has 2 aromatic carbocycles. The third-order valence-corrected chi connectivity index (χ3v) is 3.49. The van der Waals surface area contributed by atoms with Crippen LogP contribution in [0, 0.1) is 5.82 Å². The molecule has 0 aliphatic rings. The fourth-order valence-electron chi connectivity index (χ4n) is 1.81. The van der Waals surface area contributed by atoms with Crippen LogP contribution in [-0.4, -0.2) is 7.11 Å². The van der Waals surface area contributed by atoms with Gasteiger partial charge in [-0.05, 0) is 18.2 Å². The Morgan fingerprint density at radius 1 is 1.15 bits per heavy atom. The number of hydrogen-bond donors (Lipinski definition) is 0. The molecule has 0 saturated carbocycles. The molecule has 0 heterocycles. The number of ether oxygens (including phenoxy) is 2. The van der Waals surface area contributed by atoms with Crippen molar-refractivity contribution >= 4 is 23.2 Å². The lowest BCUT2D eigenvalue weighted by Gasteiger charge is -2.14. The molecular weight excluding hydrogens is 302 g/mol. The van der Waals surface area contributed by atoms with Crippen molar-refractivity contribution in [1.82, 2.24) is 0 Å². The highest BCUT2D eigenvalue weighted by molar-refractivity contribution is 6.31. The van der Waals surface area contributed by atoms with Crippen molar-refractivity contribution in [3.8, 4) is 11.5 Å². The van der Waals surface area contributed by atoms with Crippen LogP contribution >= 0.6 is 23.2 Å². The molecule has 2 nitrogen and oxygen atoms in total. The summed E-state index contributed by atoms with van der Waals surface area (Å²) in [4.78, 5) is 0. The van der Waals surface area contributed by atoms with E-state index in [-0.39, 0.29) is 12.5 Å². The fraction of sp³-hybridized carbons (Fsp3) is 0.200. The number of rotatable bonds is 5. The third kappa shape index (κ3) is 3.17. The molecule has 0 aliphatic heterocycles. The predicted molar refractivity (Wildman–Crippen MR) is 78.3 cm³/mol. The molecule has 0 unspecified atom stereocenters. The highest BCUT2D eigenvalue weighted by Crippen LogP contribution is 2.33. The summed E-state index contributed by atoms with van der Waals surface area (Å²) in [6.07, 6.45) is 0. The second-order valence-electron chi connectivity index (χ2n) is 4.07. The number of benzene rings is 2. The summed E-state index contributed by atoms with van der Waals surface area (Å²) < 4.78 is 24.6. The highest BCUT2D eigenvalue weighted by atomic mass is 35.5. The van der Waals surface area contributed by atoms with Crippen molar-refractivity contribution in [2.45, 2.75) is 12.5 Å². The number of alkyl halides is 1. The molecular formula is C15H13Cl2FO2. The van der Waals surface area contributed by atoms with Crippen molar-refractivity contribution in [2.75, 3.05) is 7.11 Å². The average molecular weight is 315 g/mol. The van der Waals surface area contributed by atoms with E-state index in [2.05, 4.69) is 0 Å². The SMILES string of the molecule is COc1cccc(CCl)c1OCc1c(F)cccc1Cl. The topological polar surface area (TPSA) is 18.5 Å². The summed E-state index contributed by atoms with van der Waals surface area (Å²) in [6, 6.07) is 9.92. The summed E-state index contributed by atoms with van der Waals surface area (Å²) in [5.41, 5.74) is 1.08. The summed E-state index contributed by atoms with van der Waals surface area (Å²) >= 11 is 11.8. The fourth-order valence-corrected chi connectivity index (χ4v) is 2.23. The maximum Gasteiger partial charge on any atom is 0.166 e. The zero-order chi connectivity index (χ0) is 14.5. The van der Waals surface area contributed by atoms with Gasteiger partial charge in [0.1, 0.15) is 12.4 Å². The van der Waals surface area contributed by atoms with Crippen LogP contribution in [-0.2, 0) is 12.5 Å². The minimum atomic E-state index is -0.403. The van der Waals surface area contributed by atoms with E-state index in [1.807, 2.05) is 12.1 Å². The number of halogens is 3. The molecule has 0 radical (unpaired) electrons. The van der Waals surface area contributed by atoms with Crippen LogP contribution in [0.5, 0.6) is 11.5 Å². The van der Waals surface area contributed by atoms with E-state index in [1.54, 1.807) is 18.2 Å². The molecule has 0 atom stereocenters. The Labute approximate surface area is 127 Å². The lowest BCUT2D eigenvalue weighted by atomic mass is 10.2. The van der Waals surface area contributed by atoms with Crippen molar-refractivity contribution in [1.29, 1.82) is 0 Å². The molecule has 0 spiro atoms. The summed E-state index contributed by atoms with van der Waals surface area (Å²) in [7, 11) is 1.54. The van der Waals surface area contributed by atoms with Gasteiger partial charge in [-0.15, -0.1) is 11.6 Å². The highest BCUT2D eigenvalue weighted by Gasteiger charge is 2.13. The molecule has 0 fully saturated rings. The molecule has 2 aromatic rings. The second kappa shape index (κ2) is 6.82. The summed E-state index contributed by atoms with van der Waals surface area (Å²) in [5, 5.41) is 0.326. The Bertz CT molecular complexity index is 560. The van der Waals surface area contributed by atoms with Crippen LogP contribution in [0.25, 0.3) is 0 Å². The maximum absolute atomic E-state index is 13.7. The summed E-state index contributed by atoms with van der Waals surface area (Å²) in [5.74, 6) is 0.928. The van der Waals surface area contributed by atoms with Gasteiger partial charge in [0.25, 0.3) is 0 Å². The van der Waals surface area contributed by atoms with Gasteiger partial charge in [-0.1, -0.05) is 29.8 Å². The van der Waals surface area contributed by atoms with Crippen molar-refractivity contribution in [2.24, 2.45) is 0 Å². The first-order valence-corrected chi connectivity index (χ1v) is 6.86. The van der Waals surface area contributed by atoms with Crippen LogP contribution in [0.1, 0.15) is 11.1 Å². The zero-order valence-electron chi connectivity index (χ0n) is 10.8. The Hall–Kier alpha value is -1.45. The molecule has 0 bridgehead atoms. The van der Waals surface area contributed by atoms with E-state index >= 15 is 0 Å².